The van der Waals surface area contributed by atoms with E-state index in [1.165, 1.54) is 11.9 Å². The predicted octanol–water partition coefficient (Wildman–Crippen LogP) is 8.94. The highest BCUT2D eigenvalue weighted by Gasteiger charge is 2.28. The summed E-state index contributed by atoms with van der Waals surface area (Å²) in [5.41, 5.74) is -2.07. The molecule has 0 amide bonds. The second kappa shape index (κ2) is 11.1. The first-order valence-electron chi connectivity index (χ1n) is 8.91. The molecule has 0 bridgehead atoms. The molecule has 0 aromatic heterocycles. The van der Waals surface area contributed by atoms with Gasteiger partial charge >= 0.3 is 5.51 Å². The fraction of sp³-hybridized carbons (Fsp3) is 0.143. The number of hydrogen-bond donors (Lipinski definition) is 1. The number of alkyl halides is 3. The van der Waals surface area contributed by atoms with E-state index in [0.29, 0.717) is 33.8 Å². The smallest absolute Gasteiger partial charge is 0.323 e. The average molecular weight is 524 g/mol. The summed E-state index contributed by atoms with van der Waals surface area (Å²) >= 11 is 19.7. The molecule has 0 fully saturated rings. The van der Waals surface area contributed by atoms with Crippen LogP contribution in [-0.4, -0.2) is 9.81 Å². The summed E-state index contributed by atoms with van der Waals surface area (Å²) in [5.74, 6) is 0. The number of nitrogens with one attached hydrogen (secondary N) is 1. The molecule has 0 aliphatic carbocycles. The molecule has 0 saturated heterocycles. The number of hydrogen-bond acceptors (Lipinski definition) is 4. The summed E-state index contributed by atoms with van der Waals surface area (Å²) in [4.78, 5) is 0.893. The molecule has 0 heterocycles. The van der Waals surface area contributed by atoms with Crippen LogP contribution in [-0.2, 0) is 13.1 Å². The zero-order valence-electron chi connectivity index (χ0n) is 15.8. The summed E-state index contributed by atoms with van der Waals surface area (Å²) in [5, 5.41) is 1.59. The second-order valence-corrected chi connectivity index (χ2v) is 9.65. The molecule has 0 spiro atoms. The van der Waals surface area contributed by atoms with Gasteiger partial charge < -0.3 is 4.72 Å². The molecule has 0 saturated carbocycles. The third-order valence-electron chi connectivity index (χ3n) is 4.00. The first-order valence-corrected chi connectivity index (χ1v) is 11.6. The zero-order valence-corrected chi connectivity index (χ0v) is 19.7. The summed E-state index contributed by atoms with van der Waals surface area (Å²) in [6, 6.07) is 19.8. The molecule has 1 N–H and O–H groups in total. The van der Waals surface area contributed by atoms with Crippen LogP contribution in [0.3, 0.4) is 0 Å². The van der Waals surface area contributed by atoms with E-state index in [2.05, 4.69) is 9.03 Å². The Balaban J connectivity index is 1.75. The van der Waals surface area contributed by atoms with Crippen LogP contribution in [0, 0.1) is 0 Å². The van der Waals surface area contributed by atoms with E-state index < -0.39 is 5.51 Å². The van der Waals surface area contributed by atoms with Gasteiger partial charge in [-0.2, -0.15) is 13.2 Å². The first kappa shape index (κ1) is 24.4. The molecule has 0 unspecified atom stereocenters. The Kier molecular flexibility index (Phi) is 8.73. The summed E-state index contributed by atoms with van der Waals surface area (Å²) in [7, 11) is 0. The summed E-state index contributed by atoms with van der Waals surface area (Å²) in [6.07, 6.45) is 0. The van der Waals surface area contributed by atoms with Crippen molar-refractivity contribution in [2.45, 2.75) is 23.5 Å². The highest BCUT2D eigenvalue weighted by molar-refractivity contribution is 8.01. The van der Waals surface area contributed by atoms with Crippen LogP contribution in [0.4, 0.5) is 18.9 Å². The van der Waals surface area contributed by atoms with Crippen LogP contribution < -0.4 is 4.72 Å². The minimum Gasteiger partial charge on any atom is -0.323 e. The molecule has 31 heavy (non-hydrogen) atoms. The first-order chi connectivity index (χ1) is 14.7. The van der Waals surface area contributed by atoms with Gasteiger partial charge in [-0.3, -0.25) is 0 Å². The van der Waals surface area contributed by atoms with Crippen LogP contribution in [0.25, 0.3) is 0 Å². The number of nitrogens with zero attached hydrogens (tertiary/aromatic N) is 1. The normalized spacial score (nSPS) is 11.7. The maximum atomic E-state index is 12.4. The molecule has 0 radical (unpaired) electrons. The van der Waals surface area contributed by atoms with Crippen LogP contribution in [0.1, 0.15) is 11.1 Å². The molecular weight excluding hydrogens is 508 g/mol. The highest BCUT2D eigenvalue weighted by Crippen LogP contribution is 2.34. The van der Waals surface area contributed by atoms with Crippen LogP contribution in [0.2, 0.25) is 15.1 Å². The lowest BCUT2D eigenvalue weighted by atomic mass is 10.2. The van der Waals surface area contributed by atoms with Gasteiger partial charge in [-0.15, -0.1) is 0 Å². The van der Waals surface area contributed by atoms with Crippen molar-refractivity contribution >= 4 is 64.4 Å². The second-order valence-electron chi connectivity index (χ2n) is 6.41. The Morgan fingerprint density at radius 3 is 2.06 bits per heavy atom. The van der Waals surface area contributed by atoms with Gasteiger partial charge in [0.1, 0.15) is 0 Å². The highest BCUT2D eigenvalue weighted by atomic mass is 35.5. The fourth-order valence-corrected chi connectivity index (χ4v) is 4.55. The van der Waals surface area contributed by atoms with Gasteiger partial charge in [0.25, 0.3) is 0 Å². The van der Waals surface area contributed by atoms with E-state index in [1.807, 2.05) is 36.4 Å². The van der Waals surface area contributed by atoms with E-state index in [4.69, 9.17) is 34.8 Å². The third kappa shape index (κ3) is 8.00. The lowest BCUT2D eigenvalue weighted by Crippen LogP contribution is -2.15. The van der Waals surface area contributed by atoms with E-state index in [0.717, 1.165) is 16.0 Å². The molecule has 0 aliphatic heterocycles. The van der Waals surface area contributed by atoms with Crippen LogP contribution >= 0.6 is 58.7 Å². The van der Waals surface area contributed by atoms with Gasteiger partial charge in [-0.25, -0.2) is 4.31 Å². The summed E-state index contributed by atoms with van der Waals surface area (Å²) < 4.78 is 41.4. The SMILES string of the molecule is FC(F)(F)SNc1ccc(CN(Cc2ccc(Cl)c(Cl)c2)Sc2ccccc2Cl)cc1. The van der Waals surface area contributed by atoms with Gasteiger partial charge in [-0.1, -0.05) is 65.1 Å². The molecule has 164 valence electrons. The van der Waals surface area contributed by atoms with Crippen molar-refractivity contribution in [3.63, 3.8) is 0 Å². The minimum atomic E-state index is -4.35. The molecule has 3 aromatic carbocycles. The Hall–Kier alpha value is -1.22. The molecule has 0 atom stereocenters. The monoisotopic (exact) mass is 522 g/mol. The maximum Gasteiger partial charge on any atom is 0.461 e. The molecular formula is C21H16Cl3F3N2S2. The molecule has 3 aromatic rings. The van der Waals surface area contributed by atoms with E-state index in [1.54, 1.807) is 30.3 Å². The maximum absolute atomic E-state index is 12.4. The van der Waals surface area contributed by atoms with E-state index >= 15 is 0 Å². The van der Waals surface area contributed by atoms with Crippen molar-refractivity contribution in [2.75, 3.05) is 4.72 Å². The number of anilines is 1. The van der Waals surface area contributed by atoms with Gasteiger partial charge in [0.05, 0.1) is 27.0 Å². The van der Waals surface area contributed by atoms with Crippen molar-refractivity contribution in [2.24, 2.45) is 0 Å². The largest absolute Gasteiger partial charge is 0.461 e. The average Bonchev–Trinajstić information content (AvgIpc) is 2.71. The van der Waals surface area contributed by atoms with Crippen molar-refractivity contribution < 1.29 is 13.2 Å². The molecule has 10 heteroatoms. The van der Waals surface area contributed by atoms with Gasteiger partial charge in [0, 0.05) is 23.7 Å². The summed E-state index contributed by atoms with van der Waals surface area (Å²) in [6.45, 7) is 1.08. The minimum absolute atomic E-state index is 0.288. The van der Waals surface area contributed by atoms with Crippen LogP contribution in [0.5, 0.6) is 0 Å². The Morgan fingerprint density at radius 1 is 0.774 bits per heavy atom. The van der Waals surface area contributed by atoms with Crippen molar-refractivity contribution in [3.8, 4) is 0 Å². The standard InChI is InChI=1S/C21H16Cl3F3N2S2/c22-17-10-7-15(11-19(17)24)13-29(30-20-4-2-1-3-18(20)23)12-14-5-8-16(9-6-14)28-31-21(25,26)27/h1-11,28H,12-13H2. The van der Waals surface area contributed by atoms with Crippen molar-refractivity contribution in [1.29, 1.82) is 0 Å². The Morgan fingerprint density at radius 2 is 1.42 bits per heavy atom. The van der Waals surface area contributed by atoms with Gasteiger partial charge in [-0.05, 0) is 59.5 Å². The number of rotatable bonds is 8. The van der Waals surface area contributed by atoms with Crippen molar-refractivity contribution in [1.82, 2.24) is 4.31 Å². The fourth-order valence-electron chi connectivity index (χ4n) is 2.62. The van der Waals surface area contributed by atoms with Gasteiger partial charge in [0.15, 0.2) is 0 Å². The number of benzene rings is 3. The predicted molar refractivity (Wildman–Crippen MR) is 127 cm³/mol. The van der Waals surface area contributed by atoms with Gasteiger partial charge in [0.2, 0.25) is 0 Å². The third-order valence-corrected chi connectivity index (χ3v) is 6.82. The topological polar surface area (TPSA) is 15.3 Å². The lowest BCUT2D eigenvalue weighted by molar-refractivity contribution is -0.0323. The Bertz CT molecular complexity index is 1020. The van der Waals surface area contributed by atoms with E-state index in [9.17, 15) is 13.2 Å². The molecule has 0 aliphatic rings. The lowest BCUT2D eigenvalue weighted by Gasteiger charge is -2.22. The zero-order chi connectivity index (χ0) is 22.4. The number of halogens is 6. The van der Waals surface area contributed by atoms with Crippen LogP contribution in [0.15, 0.2) is 71.6 Å². The Labute approximate surface area is 202 Å². The molecule has 2 nitrogen and oxygen atoms in total. The molecule has 3 rings (SSSR count). The van der Waals surface area contributed by atoms with Crippen molar-refractivity contribution in [3.05, 3.63) is 92.9 Å². The quantitative estimate of drug-likeness (QED) is 0.296. The van der Waals surface area contributed by atoms with E-state index in [-0.39, 0.29) is 11.9 Å².